The molecule has 48 heavy (non-hydrogen) atoms. The van der Waals surface area contributed by atoms with Gasteiger partial charge in [-0.2, -0.15) is 0 Å². The molecule has 0 fully saturated rings. The minimum absolute atomic E-state index is 0.0947. The molecule has 0 radical (unpaired) electrons. The maximum Gasteiger partial charge on any atom is 0.253 e. The van der Waals surface area contributed by atoms with Gasteiger partial charge in [-0.1, -0.05) is 57.5 Å². The molecular formula is C33H46N6O9. The molecule has 1 aliphatic rings. The Labute approximate surface area is 280 Å². The van der Waals surface area contributed by atoms with E-state index in [0.717, 1.165) is 10.5 Å². The molecule has 5 N–H and O–H groups in total. The summed E-state index contributed by atoms with van der Waals surface area (Å²) in [5, 5.41) is 12.3. The van der Waals surface area contributed by atoms with Crippen molar-refractivity contribution in [2.75, 3.05) is 39.5 Å². The van der Waals surface area contributed by atoms with Crippen LogP contribution in [-0.4, -0.2) is 97.6 Å². The van der Waals surface area contributed by atoms with Gasteiger partial charge >= 0.3 is 0 Å². The Morgan fingerprint density at radius 3 is 2.04 bits per heavy atom. The van der Waals surface area contributed by atoms with E-state index in [1.165, 1.54) is 12.2 Å². The number of Topliss-reactive ketones (excluding diaryl/α,β-unsaturated/α-hetero) is 1. The molecule has 0 aromatic heterocycles. The number of ketones is 1. The molecule has 1 aromatic carbocycles. The Morgan fingerprint density at radius 2 is 1.38 bits per heavy atom. The van der Waals surface area contributed by atoms with Crippen molar-refractivity contribution in [3.8, 4) is 0 Å². The summed E-state index contributed by atoms with van der Waals surface area (Å²) in [6, 6.07) is 7.83. The van der Waals surface area contributed by atoms with Crippen molar-refractivity contribution in [1.82, 2.24) is 31.5 Å². The van der Waals surface area contributed by atoms with Crippen molar-refractivity contribution in [2.45, 2.75) is 65.3 Å². The molecule has 0 aliphatic carbocycles. The van der Waals surface area contributed by atoms with E-state index in [4.69, 9.17) is 4.74 Å². The quantitative estimate of drug-likeness (QED) is 0.0619. The zero-order valence-electron chi connectivity index (χ0n) is 27.7. The Bertz CT molecular complexity index is 1330. The number of carbonyl (C=O) groups excluding carboxylic acids is 8. The predicted molar refractivity (Wildman–Crippen MR) is 173 cm³/mol. The van der Waals surface area contributed by atoms with Crippen LogP contribution in [0, 0.1) is 5.41 Å². The van der Waals surface area contributed by atoms with E-state index >= 15 is 0 Å². The molecule has 1 atom stereocenters. The van der Waals surface area contributed by atoms with Crippen LogP contribution in [0.4, 0.5) is 0 Å². The van der Waals surface area contributed by atoms with Gasteiger partial charge in [0.2, 0.25) is 29.5 Å². The summed E-state index contributed by atoms with van der Waals surface area (Å²) in [5.41, 5.74) is 0.217. The lowest BCUT2D eigenvalue weighted by atomic mass is 9.86. The fraction of sp³-hybridized carbons (Fsp3) is 0.515. The average Bonchev–Trinajstić information content (AvgIpc) is 3.39. The molecule has 1 heterocycles. The third-order valence-electron chi connectivity index (χ3n) is 7.68. The summed E-state index contributed by atoms with van der Waals surface area (Å²) in [5.74, 6) is -3.62. The number of ether oxygens (including phenoxy) is 1. The van der Waals surface area contributed by atoms with E-state index in [-0.39, 0.29) is 62.8 Å². The van der Waals surface area contributed by atoms with Crippen LogP contribution in [0.5, 0.6) is 0 Å². The molecule has 1 aliphatic heterocycles. The van der Waals surface area contributed by atoms with Crippen LogP contribution in [0.2, 0.25) is 0 Å². The van der Waals surface area contributed by atoms with Gasteiger partial charge in [-0.25, -0.2) is 0 Å². The Kier molecular flexibility index (Phi) is 16.6. The zero-order chi connectivity index (χ0) is 35.5. The van der Waals surface area contributed by atoms with Crippen molar-refractivity contribution in [3.05, 3.63) is 48.0 Å². The SMILES string of the molecule is CCC(C)(C)C(=O)COCNC(=O)CNC(=O)[C@H](Cc1ccccc1)NC(=O)CNC(=O)CNC(=O)CCCCCN1C(=O)C=CC1=O. The standard InChI is InChI=1S/C33H46N6O9/c1-4-33(2,3)25(40)21-48-22-37-28(43)19-36-32(47)24(17-23-11-7-5-8-12-23)38-29(44)20-35-27(42)18-34-26(41)13-9-6-10-16-39-30(45)14-15-31(39)46/h5,7-8,11-12,14-15,24H,4,6,9-10,13,16-22H2,1-3H3,(H,34,41)(H,35,42)(H,36,47)(H,37,43)(H,38,44)/t24-/m0/s1. The minimum atomic E-state index is -1.06. The highest BCUT2D eigenvalue weighted by atomic mass is 16.5. The van der Waals surface area contributed by atoms with E-state index in [2.05, 4.69) is 26.6 Å². The maximum absolute atomic E-state index is 12.9. The van der Waals surface area contributed by atoms with Gasteiger partial charge in [-0.15, -0.1) is 0 Å². The first-order valence-electron chi connectivity index (χ1n) is 15.9. The first-order valence-corrected chi connectivity index (χ1v) is 15.9. The Hall–Kier alpha value is -4.92. The number of carbonyl (C=O) groups is 8. The van der Waals surface area contributed by atoms with E-state index in [1.54, 1.807) is 30.3 Å². The third kappa shape index (κ3) is 14.7. The van der Waals surface area contributed by atoms with E-state index in [1.807, 2.05) is 20.8 Å². The van der Waals surface area contributed by atoms with Gasteiger partial charge in [0.15, 0.2) is 5.78 Å². The van der Waals surface area contributed by atoms with Crippen molar-refractivity contribution in [2.24, 2.45) is 5.41 Å². The molecule has 0 spiro atoms. The molecule has 15 heteroatoms. The maximum atomic E-state index is 12.9. The van der Waals surface area contributed by atoms with Gasteiger partial charge in [0.05, 0.1) is 19.6 Å². The van der Waals surface area contributed by atoms with Gasteiger partial charge < -0.3 is 31.3 Å². The first-order chi connectivity index (χ1) is 22.8. The van der Waals surface area contributed by atoms with E-state index in [9.17, 15) is 38.4 Å². The van der Waals surface area contributed by atoms with Gasteiger partial charge in [0.1, 0.15) is 19.4 Å². The summed E-state index contributed by atoms with van der Waals surface area (Å²) in [6.07, 6.45) is 5.00. The van der Waals surface area contributed by atoms with Crippen molar-refractivity contribution >= 4 is 47.1 Å². The van der Waals surface area contributed by atoms with Gasteiger partial charge in [0.25, 0.3) is 11.8 Å². The average molecular weight is 671 g/mol. The van der Waals surface area contributed by atoms with Crippen LogP contribution in [0.1, 0.15) is 58.4 Å². The van der Waals surface area contributed by atoms with E-state index < -0.39 is 48.2 Å². The van der Waals surface area contributed by atoms with Crippen molar-refractivity contribution < 1.29 is 43.1 Å². The molecular weight excluding hydrogens is 624 g/mol. The number of amides is 7. The summed E-state index contributed by atoms with van der Waals surface area (Å²) in [6.45, 7) is 4.21. The number of benzene rings is 1. The van der Waals surface area contributed by atoms with Crippen molar-refractivity contribution in [3.63, 3.8) is 0 Å². The molecule has 7 amide bonds. The summed E-state index contributed by atoms with van der Waals surface area (Å²) in [7, 11) is 0. The normalized spacial score (nSPS) is 13.1. The third-order valence-corrected chi connectivity index (χ3v) is 7.68. The fourth-order valence-electron chi connectivity index (χ4n) is 4.22. The van der Waals surface area contributed by atoms with Gasteiger partial charge in [0, 0.05) is 37.0 Å². The van der Waals surface area contributed by atoms with Crippen molar-refractivity contribution in [1.29, 1.82) is 0 Å². The highest BCUT2D eigenvalue weighted by Gasteiger charge is 2.25. The molecule has 0 saturated carbocycles. The lowest BCUT2D eigenvalue weighted by molar-refractivity contribution is -0.137. The predicted octanol–water partition coefficient (Wildman–Crippen LogP) is -0.356. The summed E-state index contributed by atoms with van der Waals surface area (Å²) >= 11 is 0. The number of nitrogens with zero attached hydrogens (tertiary/aromatic N) is 1. The van der Waals surface area contributed by atoms with Crippen LogP contribution in [-0.2, 0) is 49.5 Å². The monoisotopic (exact) mass is 670 g/mol. The topological polar surface area (TPSA) is 209 Å². The second kappa shape index (κ2) is 20.3. The largest absolute Gasteiger partial charge is 0.353 e. The zero-order valence-corrected chi connectivity index (χ0v) is 27.7. The smallest absolute Gasteiger partial charge is 0.253 e. The second-order valence-electron chi connectivity index (χ2n) is 11.8. The minimum Gasteiger partial charge on any atom is -0.353 e. The second-order valence-corrected chi connectivity index (χ2v) is 11.8. The molecule has 2 rings (SSSR count). The Balaban J connectivity index is 1.71. The van der Waals surface area contributed by atoms with Gasteiger partial charge in [-0.3, -0.25) is 43.3 Å². The fourth-order valence-corrected chi connectivity index (χ4v) is 4.22. The number of imide groups is 1. The number of hydrogen-bond donors (Lipinski definition) is 5. The lowest BCUT2D eigenvalue weighted by Crippen LogP contribution is -2.52. The number of unbranched alkanes of at least 4 members (excludes halogenated alkanes) is 2. The lowest BCUT2D eigenvalue weighted by Gasteiger charge is -2.20. The number of rotatable bonds is 22. The number of nitrogens with one attached hydrogen (secondary N) is 5. The molecule has 0 bridgehead atoms. The van der Waals surface area contributed by atoms with Gasteiger partial charge in [-0.05, 0) is 24.8 Å². The van der Waals surface area contributed by atoms with E-state index in [0.29, 0.717) is 25.7 Å². The molecule has 1 aromatic rings. The molecule has 0 unspecified atom stereocenters. The van der Waals surface area contributed by atoms with Crippen LogP contribution >= 0.6 is 0 Å². The van der Waals surface area contributed by atoms with Crippen LogP contribution < -0.4 is 26.6 Å². The Morgan fingerprint density at radius 1 is 0.771 bits per heavy atom. The molecule has 262 valence electrons. The van der Waals surface area contributed by atoms with Crippen LogP contribution in [0.15, 0.2) is 42.5 Å². The highest BCUT2D eigenvalue weighted by molar-refractivity contribution is 6.12. The first kappa shape index (κ1) is 39.3. The molecule has 15 nitrogen and oxygen atoms in total. The van der Waals surface area contributed by atoms with Crippen LogP contribution in [0.25, 0.3) is 0 Å². The van der Waals surface area contributed by atoms with Crippen LogP contribution in [0.3, 0.4) is 0 Å². The summed E-state index contributed by atoms with van der Waals surface area (Å²) in [4.78, 5) is 98.4. The summed E-state index contributed by atoms with van der Waals surface area (Å²) < 4.78 is 5.23. The molecule has 0 saturated heterocycles. The number of hydrogen-bond acceptors (Lipinski definition) is 9. The highest BCUT2D eigenvalue weighted by Crippen LogP contribution is 2.20.